The highest BCUT2D eigenvalue weighted by molar-refractivity contribution is 6.60. The second-order valence-electron chi connectivity index (χ2n) is 3.86. The quantitative estimate of drug-likeness (QED) is 0.296. The third kappa shape index (κ3) is 2.18. The molecule has 1 saturated carbocycles. The summed E-state index contributed by atoms with van der Waals surface area (Å²) in [6.07, 6.45) is 2.04. The number of aromatic hydroxyl groups is 1. The van der Waals surface area contributed by atoms with Crippen LogP contribution in [0, 0.1) is 0 Å². The van der Waals surface area contributed by atoms with Crippen LogP contribution in [-0.4, -0.2) is 34.2 Å². The van der Waals surface area contributed by atoms with Gasteiger partial charge in [-0.1, -0.05) is 12.1 Å². The molecule has 0 bridgehead atoms. The summed E-state index contributed by atoms with van der Waals surface area (Å²) in [6.45, 7) is 0. The molecule has 0 aromatic heterocycles. The molecule has 0 heterocycles. The van der Waals surface area contributed by atoms with Crippen molar-refractivity contribution in [1.82, 2.24) is 0 Å². The fraction of sp³-hybridized carbons (Fsp3) is 0.300. The van der Waals surface area contributed by atoms with Crippen molar-refractivity contribution in [1.29, 1.82) is 0 Å². The van der Waals surface area contributed by atoms with Gasteiger partial charge in [0.1, 0.15) is 11.6 Å². The van der Waals surface area contributed by atoms with Gasteiger partial charge in [-0.05, 0) is 18.9 Å². The number of phenols is 1. The summed E-state index contributed by atoms with van der Waals surface area (Å²) in [5.74, 6) is 0.0156. The zero-order valence-electron chi connectivity index (χ0n) is 8.67. The molecule has 1 fully saturated rings. The van der Waals surface area contributed by atoms with Crippen molar-refractivity contribution in [2.75, 3.05) is 0 Å². The van der Waals surface area contributed by atoms with E-state index in [9.17, 15) is 5.11 Å². The van der Waals surface area contributed by atoms with E-state index in [4.69, 9.17) is 15.8 Å². The SMILES string of the molecule is NC(=NC1CC1)c1cccc(B(O)O)c1O. The molecular weight excluding hydrogens is 207 g/mol. The van der Waals surface area contributed by atoms with E-state index in [2.05, 4.69) is 4.99 Å². The average Bonchev–Trinajstić information content (AvgIpc) is 3.01. The molecule has 0 unspecified atom stereocenters. The number of aliphatic imine (C=N–C) groups is 1. The minimum atomic E-state index is -1.71. The molecule has 0 atom stereocenters. The van der Waals surface area contributed by atoms with Gasteiger partial charge < -0.3 is 20.9 Å². The molecule has 0 aliphatic heterocycles. The highest BCUT2D eigenvalue weighted by Gasteiger charge is 2.23. The lowest BCUT2D eigenvalue weighted by atomic mass is 9.78. The Morgan fingerprint density at radius 1 is 1.38 bits per heavy atom. The van der Waals surface area contributed by atoms with Crippen LogP contribution in [0.4, 0.5) is 0 Å². The van der Waals surface area contributed by atoms with Gasteiger partial charge in [0.15, 0.2) is 0 Å². The molecule has 0 spiro atoms. The Morgan fingerprint density at radius 2 is 2.06 bits per heavy atom. The second kappa shape index (κ2) is 4.15. The van der Waals surface area contributed by atoms with Gasteiger partial charge in [0.2, 0.25) is 0 Å². The molecule has 1 aliphatic rings. The third-order valence-corrected chi connectivity index (χ3v) is 2.49. The number of hydrogen-bond donors (Lipinski definition) is 4. The Balaban J connectivity index is 2.36. The van der Waals surface area contributed by atoms with Gasteiger partial charge in [-0.2, -0.15) is 0 Å². The zero-order chi connectivity index (χ0) is 11.7. The first kappa shape index (κ1) is 11.0. The van der Waals surface area contributed by atoms with E-state index in [0.29, 0.717) is 5.56 Å². The summed E-state index contributed by atoms with van der Waals surface area (Å²) >= 11 is 0. The fourth-order valence-electron chi connectivity index (χ4n) is 1.45. The molecule has 5 nitrogen and oxygen atoms in total. The van der Waals surface area contributed by atoms with E-state index in [-0.39, 0.29) is 23.1 Å². The van der Waals surface area contributed by atoms with Crippen LogP contribution in [0.2, 0.25) is 0 Å². The number of amidine groups is 1. The molecule has 1 aliphatic carbocycles. The Hall–Kier alpha value is -1.53. The number of nitrogens with zero attached hydrogens (tertiary/aromatic N) is 1. The van der Waals surface area contributed by atoms with Gasteiger partial charge in [0.05, 0.1) is 11.6 Å². The normalized spacial score (nSPS) is 16.2. The largest absolute Gasteiger partial charge is 0.508 e. The lowest BCUT2D eigenvalue weighted by Crippen LogP contribution is -2.31. The van der Waals surface area contributed by atoms with Crippen molar-refractivity contribution < 1.29 is 15.2 Å². The van der Waals surface area contributed by atoms with Gasteiger partial charge in [-0.25, -0.2) is 0 Å². The Kier molecular flexibility index (Phi) is 2.85. The topological polar surface area (TPSA) is 99.1 Å². The Labute approximate surface area is 93.4 Å². The van der Waals surface area contributed by atoms with Crippen LogP contribution < -0.4 is 11.2 Å². The standard InChI is InChI=1S/C10H13BN2O3/c12-10(13-6-4-5-6)7-2-1-3-8(9(7)14)11(15)16/h1-3,6,14-16H,4-5H2,(H2,12,13). The monoisotopic (exact) mass is 220 g/mol. The van der Waals surface area contributed by atoms with Crippen molar-refractivity contribution in [2.45, 2.75) is 18.9 Å². The minimum absolute atomic E-state index is 0.0337. The molecule has 0 amide bonds. The maximum absolute atomic E-state index is 9.78. The highest BCUT2D eigenvalue weighted by Crippen LogP contribution is 2.24. The number of nitrogens with two attached hydrogens (primary N) is 1. The van der Waals surface area contributed by atoms with Crippen LogP contribution in [-0.2, 0) is 0 Å². The number of benzene rings is 1. The molecule has 6 heteroatoms. The first-order chi connectivity index (χ1) is 7.59. The van der Waals surface area contributed by atoms with E-state index in [1.54, 1.807) is 12.1 Å². The molecule has 16 heavy (non-hydrogen) atoms. The van der Waals surface area contributed by atoms with Crippen molar-refractivity contribution in [3.05, 3.63) is 23.8 Å². The maximum atomic E-state index is 9.78. The van der Waals surface area contributed by atoms with Crippen LogP contribution in [0.5, 0.6) is 5.75 Å². The van der Waals surface area contributed by atoms with Crippen LogP contribution in [0.1, 0.15) is 18.4 Å². The number of phenolic OH excluding ortho intramolecular Hbond substituents is 1. The van der Waals surface area contributed by atoms with Crippen LogP contribution in [0.3, 0.4) is 0 Å². The molecule has 84 valence electrons. The van der Waals surface area contributed by atoms with Gasteiger partial charge in [-0.15, -0.1) is 0 Å². The third-order valence-electron chi connectivity index (χ3n) is 2.49. The van der Waals surface area contributed by atoms with Crippen LogP contribution >= 0.6 is 0 Å². The van der Waals surface area contributed by atoms with Crippen molar-refractivity contribution in [3.63, 3.8) is 0 Å². The lowest BCUT2D eigenvalue weighted by molar-refractivity contribution is 0.419. The minimum Gasteiger partial charge on any atom is -0.508 e. The number of hydrogen-bond acceptors (Lipinski definition) is 4. The number of rotatable bonds is 3. The van der Waals surface area contributed by atoms with Crippen molar-refractivity contribution in [3.8, 4) is 5.75 Å². The summed E-state index contributed by atoms with van der Waals surface area (Å²) < 4.78 is 0. The second-order valence-corrected chi connectivity index (χ2v) is 3.86. The summed E-state index contributed by atoms with van der Waals surface area (Å²) in [5.41, 5.74) is 6.11. The van der Waals surface area contributed by atoms with Gasteiger partial charge >= 0.3 is 7.12 Å². The van der Waals surface area contributed by atoms with Crippen molar-refractivity contribution in [2.24, 2.45) is 10.7 Å². The van der Waals surface area contributed by atoms with E-state index < -0.39 is 7.12 Å². The molecule has 0 saturated heterocycles. The summed E-state index contributed by atoms with van der Waals surface area (Å²) in [6, 6.07) is 4.87. The Bertz CT molecular complexity index is 430. The van der Waals surface area contributed by atoms with Gasteiger partial charge in [0.25, 0.3) is 0 Å². The van der Waals surface area contributed by atoms with E-state index >= 15 is 0 Å². The smallest absolute Gasteiger partial charge is 0.492 e. The predicted octanol–water partition coefficient (Wildman–Crippen LogP) is -1.06. The highest BCUT2D eigenvalue weighted by atomic mass is 16.4. The molecule has 2 rings (SSSR count). The zero-order valence-corrected chi connectivity index (χ0v) is 8.67. The van der Waals surface area contributed by atoms with E-state index in [1.165, 1.54) is 6.07 Å². The Morgan fingerprint density at radius 3 is 2.62 bits per heavy atom. The van der Waals surface area contributed by atoms with Crippen LogP contribution in [0.15, 0.2) is 23.2 Å². The van der Waals surface area contributed by atoms with E-state index in [0.717, 1.165) is 12.8 Å². The summed E-state index contributed by atoms with van der Waals surface area (Å²) in [7, 11) is -1.71. The number of para-hydroxylation sites is 1. The van der Waals surface area contributed by atoms with E-state index in [1.807, 2.05) is 0 Å². The first-order valence-electron chi connectivity index (χ1n) is 5.11. The van der Waals surface area contributed by atoms with Gasteiger partial charge in [-0.3, -0.25) is 4.99 Å². The maximum Gasteiger partial charge on any atom is 0.492 e. The fourth-order valence-corrected chi connectivity index (χ4v) is 1.45. The molecule has 1 aromatic rings. The van der Waals surface area contributed by atoms with Crippen LogP contribution in [0.25, 0.3) is 0 Å². The summed E-state index contributed by atoms with van der Waals surface area (Å²) in [5, 5.41) is 27.8. The van der Waals surface area contributed by atoms with Crippen molar-refractivity contribution >= 4 is 18.4 Å². The van der Waals surface area contributed by atoms with Gasteiger partial charge in [0, 0.05) is 5.46 Å². The first-order valence-corrected chi connectivity index (χ1v) is 5.11. The summed E-state index contributed by atoms with van der Waals surface area (Å²) in [4.78, 5) is 4.19. The lowest BCUT2D eigenvalue weighted by Gasteiger charge is -2.08. The average molecular weight is 220 g/mol. The molecule has 0 radical (unpaired) electrons. The predicted molar refractivity (Wildman–Crippen MR) is 61.7 cm³/mol. The molecule has 1 aromatic carbocycles. The molecular formula is C10H13BN2O3. The molecule has 5 N–H and O–H groups in total.